The standard InChI is InChI=1S/C32H35Cl2N11O4/c1-3-22(2)45-31(46)44(21-38-45)25-7-5-24(6-8-25)41-10-12-42(13-11-41)26-15-35-30(36-16-26)47-17-27-18-48-32(49-27,19-43-20-37-39-40-43)28-9-4-23(33)14-29(28)34/h4-9,14-16,20-22,27H,3,10-13,17-19H2,1-2H3/t22?,27-,32-/m1/s1. The Kier molecular flexibility index (Phi) is 9.49. The third-order valence-corrected chi connectivity index (χ3v) is 9.36. The fourth-order valence-electron chi connectivity index (χ4n) is 5.95. The van der Waals surface area contributed by atoms with E-state index in [0.29, 0.717) is 15.6 Å². The molecule has 0 spiro atoms. The lowest BCUT2D eigenvalue weighted by Gasteiger charge is -2.37. The highest BCUT2D eigenvalue weighted by Gasteiger charge is 2.46. The van der Waals surface area contributed by atoms with Gasteiger partial charge in [-0.1, -0.05) is 36.2 Å². The number of hydrogen-bond acceptors (Lipinski definition) is 12. The van der Waals surface area contributed by atoms with Gasteiger partial charge in [0.25, 0.3) is 0 Å². The Morgan fingerprint density at radius 3 is 2.37 bits per heavy atom. The van der Waals surface area contributed by atoms with E-state index in [4.69, 9.17) is 37.4 Å². The number of tetrazole rings is 1. The zero-order valence-corrected chi connectivity index (χ0v) is 28.5. The second-order valence-electron chi connectivity index (χ2n) is 11.9. The fourth-order valence-corrected chi connectivity index (χ4v) is 6.50. The van der Waals surface area contributed by atoms with Crippen LogP contribution in [0.1, 0.15) is 31.9 Å². The molecule has 2 fully saturated rings. The summed E-state index contributed by atoms with van der Waals surface area (Å²) < 4.78 is 23.1. The summed E-state index contributed by atoms with van der Waals surface area (Å²) in [6.07, 6.45) is 7.01. The van der Waals surface area contributed by atoms with Gasteiger partial charge < -0.3 is 24.0 Å². The molecule has 0 aliphatic carbocycles. The maximum absolute atomic E-state index is 12.8. The Hall–Kier alpha value is -4.57. The monoisotopic (exact) mass is 707 g/mol. The predicted octanol–water partition coefficient (Wildman–Crippen LogP) is 3.76. The van der Waals surface area contributed by atoms with Crippen molar-refractivity contribution in [2.45, 2.75) is 44.7 Å². The molecule has 3 aromatic heterocycles. The summed E-state index contributed by atoms with van der Waals surface area (Å²) in [5, 5.41) is 16.6. The first-order valence-corrected chi connectivity index (χ1v) is 16.8. The Morgan fingerprint density at radius 2 is 1.69 bits per heavy atom. The number of rotatable bonds is 11. The van der Waals surface area contributed by atoms with Crippen molar-refractivity contribution in [2.75, 3.05) is 49.2 Å². The summed E-state index contributed by atoms with van der Waals surface area (Å²) in [7, 11) is 0. The molecule has 17 heteroatoms. The van der Waals surface area contributed by atoms with Gasteiger partial charge in [-0.3, -0.25) is 0 Å². The predicted molar refractivity (Wildman–Crippen MR) is 182 cm³/mol. The largest absolute Gasteiger partial charge is 0.461 e. The van der Waals surface area contributed by atoms with Crippen LogP contribution in [-0.2, 0) is 21.8 Å². The lowest BCUT2D eigenvalue weighted by atomic mass is 10.1. The Bertz CT molecular complexity index is 1910. The van der Waals surface area contributed by atoms with Gasteiger partial charge in [0.2, 0.25) is 5.79 Å². The summed E-state index contributed by atoms with van der Waals surface area (Å²) in [5.74, 6) is -1.24. The zero-order chi connectivity index (χ0) is 34.0. The number of nitrogens with zero attached hydrogens (tertiary/aromatic N) is 11. The molecule has 1 unspecified atom stereocenters. The van der Waals surface area contributed by atoms with Crippen molar-refractivity contribution >= 4 is 34.6 Å². The van der Waals surface area contributed by atoms with Crippen LogP contribution in [0.15, 0.2) is 72.3 Å². The van der Waals surface area contributed by atoms with E-state index >= 15 is 0 Å². The maximum atomic E-state index is 12.8. The van der Waals surface area contributed by atoms with Crippen LogP contribution < -0.4 is 20.2 Å². The van der Waals surface area contributed by atoms with E-state index in [9.17, 15) is 4.79 Å². The summed E-state index contributed by atoms with van der Waals surface area (Å²) in [4.78, 5) is 26.3. The van der Waals surface area contributed by atoms with Crippen molar-refractivity contribution in [1.29, 1.82) is 0 Å². The maximum Gasteiger partial charge on any atom is 0.350 e. The van der Waals surface area contributed by atoms with Crippen molar-refractivity contribution < 1.29 is 14.2 Å². The first kappa shape index (κ1) is 33.0. The minimum Gasteiger partial charge on any atom is -0.461 e. The van der Waals surface area contributed by atoms with Crippen molar-refractivity contribution in [1.82, 2.24) is 44.5 Å². The van der Waals surface area contributed by atoms with Gasteiger partial charge in [-0.2, -0.15) is 5.10 Å². The van der Waals surface area contributed by atoms with Crippen molar-refractivity contribution in [3.8, 4) is 11.7 Å². The normalized spacial score (nSPS) is 20.1. The SMILES string of the molecule is CCC(C)n1ncn(-c2ccc(N3CCN(c4cnc(OC[C@@H]5CO[C@@](Cn6cnnn6)(c6ccc(Cl)cc6Cl)O5)nc4)CC3)cc2)c1=O. The number of halogens is 2. The van der Waals surface area contributed by atoms with E-state index < -0.39 is 11.9 Å². The molecule has 0 saturated carbocycles. The molecule has 2 aliphatic rings. The average Bonchev–Trinajstić information content (AvgIpc) is 3.88. The summed E-state index contributed by atoms with van der Waals surface area (Å²) >= 11 is 12.7. The molecule has 7 rings (SSSR count). The molecule has 2 aliphatic heterocycles. The third kappa shape index (κ3) is 6.97. The van der Waals surface area contributed by atoms with E-state index in [1.807, 2.05) is 38.1 Å². The summed E-state index contributed by atoms with van der Waals surface area (Å²) in [5.41, 5.74) is 3.29. The smallest absolute Gasteiger partial charge is 0.350 e. The van der Waals surface area contributed by atoms with Crippen LogP contribution in [0.4, 0.5) is 11.4 Å². The van der Waals surface area contributed by atoms with Gasteiger partial charge in [-0.25, -0.2) is 28.7 Å². The van der Waals surface area contributed by atoms with Gasteiger partial charge in [0.1, 0.15) is 31.9 Å². The van der Waals surface area contributed by atoms with E-state index in [2.05, 4.69) is 40.4 Å². The molecule has 0 N–H and O–H groups in total. The number of anilines is 2. The Balaban J connectivity index is 0.925. The highest BCUT2D eigenvalue weighted by atomic mass is 35.5. The molecule has 49 heavy (non-hydrogen) atoms. The van der Waals surface area contributed by atoms with Gasteiger partial charge in [0.05, 0.1) is 41.4 Å². The first-order chi connectivity index (χ1) is 23.8. The van der Waals surface area contributed by atoms with Crippen LogP contribution in [0.5, 0.6) is 6.01 Å². The Labute approximate surface area is 291 Å². The lowest BCUT2D eigenvalue weighted by Crippen LogP contribution is -2.46. The third-order valence-electron chi connectivity index (χ3n) is 8.82. The molecular formula is C32H35Cl2N11O4. The number of aromatic nitrogens is 9. The van der Waals surface area contributed by atoms with E-state index in [1.165, 1.54) is 15.7 Å². The van der Waals surface area contributed by atoms with E-state index in [0.717, 1.165) is 49.7 Å². The average molecular weight is 709 g/mol. The fraction of sp³-hybridized carbons (Fsp3) is 0.406. The molecule has 2 saturated heterocycles. The molecule has 0 amide bonds. The highest BCUT2D eigenvalue weighted by Crippen LogP contribution is 2.40. The van der Waals surface area contributed by atoms with Gasteiger partial charge in [-0.05, 0) is 60.2 Å². The van der Waals surface area contributed by atoms with Crippen LogP contribution in [0.2, 0.25) is 10.0 Å². The van der Waals surface area contributed by atoms with Crippen LogP contribution in [0.25, 0.3) is 5.69 Å². The minimum absolute atomic E-state index is 0.0540. The second kappa shape index (κ2) is 14.1. The quantitative estimate of drug-likeness (QED) is 0.197. The van der Waals surface area contributed by atoms with Crippen LogP contribution >= 0.6 is 23.2 Å². The van der Waals surface area contributed by atoms with Gasteiger partial charge in [0.15, 0.2) is 0 Å². The van der Waals surface area contributed by atoms with Crippen LogP contribution in [0.3, 0.4) is 0 Å². The number of benzene rings is 2. The minimum atomic E-state index is -1.24. The molecule has 15 nitrogen and oxygen atoms in total. The summed E-state index contributed by atoms with van der Waals surface area (Å²) in [6, 6.07) is 13.4. The first-order valence-electron chi connectivity index (χ1n) is 16.0. The number of ether oxygens (including phenoxy) is 3. The molecule has 0 radical (unpaired) electrons. The second-order valence-corrected chi connectivity index (χ2v) is 12.8. The zero-order valence-electron chi connectivity index (χ0n) is 27.0. The van der Waals surface area contributed by atoms with E-state index in [-0.39, 0.29) is 37.5 Å². The van der Waals surface area contributed by atoms with Crippen molar-refractivity contribution in [2.24, 2.45) is 0 Å². The van der Waals surface area contributed by atoms with Gasteiger partial charge in [-0.15, -0.1) is 5.10 Å². The van der Waals surface area contributed by atoms with Crippen LogP contribution in [0, 0.1) is 0 Å². The van der Waals surface area contributed by atoms with Crippen molar-refractivity contribution in [3.05, 3.63) is 93.6 Å². The number of hydrogen-bond donors (Lipinski definition) is 0. The molecular weight excluding hydrogens is 673 g/mol. The van der Waals surface area contributed by atoms with E-state index in [1.54, 1.807) is 41.5 Å². The molecule has 5 heterocycles. The Morgan fingerprint density at radius 1 is 0.980 bits per heavy atom. The topological polar surface area (TPSA) is 143 Å². The molecule has 3 atom stereocenters. The van der Waals surface area contributed by atoms with Gasteiger partial charge in [0, 0.05) is 42.5 Å². The van der Waals surface area contributed by atoms with Crippen LogP contribution in [-0.4, -0.2) is 90.0 Å². The highest BCUT2D eigenvalue weighted by molar-refractivity contribution is 6.35. The van der Waals surface area contributed by atoms with Gasteiger partial charge >= 0.3 is 11.7 Å². The number of piperazine rings is 1. The molecule has 2 aromatic carbocycles. The van der Waals surface area contributed by atoms with Crippen molar-refractivity contribution in [3.63, 3.8) is 0 Å². The lowest BCUT2D eigenvalue weighted by molar-refractivity contribution is -0.191. The molecule has 5 aromatic rings. The molecule has 256 valence electrons. The molecule has 0 bridgehead atoms. The summed E-state index contributed by atoms with van der Waals surface area (Å²) in [6.45, 7) is 7.87.